The monoisotopic (exact) mass is 554 g/mol. The van der Waals surface area contributed by atoms with E-state index < -0.39 is 11.9 Å². The third-order valence-corrected chi connectivity index (χ3v) is 7.23. The van der Waals surface area contributed by atoms with Crippen molar-refractivity contribution in [3.8, 4) is 11.3 Å². The standard InChI is InChI=1S/C27H21Cl2FN4O2S/c28-17-7-5-6-16(24(17)29)21-11-12-22(36-21)26-25(20-10-3-4-14-31-20)33-27(37)34(26)15-13-23(35)32-19-9-2-1-8-18(19)30/h1-12,14,25-26H,13,15H2,(H,32,35)(H,33,37)/t25-,26-/m1/s1. The van der Waals surface area contributed by atoms with Crippen molar-refractivity contribution in [3.05, 3.63) is 106 Å². The number of rotatable bonds is 7. The first-order valence-corrected chi connectivity index (χ1v) is 12.7. The number of aromatic nitrogens is 1. The van der Waals surface area contributed by atoms with E-state index in [1.54, 1.807) is 30.5 Å². The zero-order chi connectivity index (χ0) is 25.9. The van der Waals surface area contributed by atoms with Gasteiger partial charge in [0.05, 0.1) is 27.5 Å². The Morgan fingerprint density at radius 2 is 1.89 bits per heavy atom. The van der Waals surface area contributed by atoms with Crippen LogP contribution in [0.25, 0.3) is 11.3 Å². The van der Waals surface area contributed by atoms with Gasteiger partial charge < -0.3 is 20.0 Å². The van der Waals surface area contributed by atoms with E-state index in [9.17, 15) is 9.18 Å². The number of carbonyl (C=O) groups excluding carboxylic acids is 1. The summed E-state index contributed by atoms with van der Waals surface area (Å²) >= 11 is 18.3. The van der Waals surface area contributed by atoms with E-state index in [0.717, 1.165) is 5.69 Å². The van der Waals surface area contributed by atoms with Gasteiger partial charge in [0.2, 0.25) is 5.91 Å². The molecule has 2 N–H and O–H groups in total. The van der Waals surface area contributed by atoms with Gasteiger partial charge in [0.25, 0.3) is 0 Å². The van der Waals surface area contributed by atoms with Crippen molar-refractivity contribution in [3.63, 3.8) is 0 Å². The van der Waals surface area contributed by atoms with Crippen LogP contribution in [0.4, 0.5) is 10.1 Å². The molecule has 1 aliphatic rings. The summed E-state index contributed by atoms with van der Waals surface area (Å²) in [5.74, 6) is 0.338. The van der Waals surface area contributed by atoms with Crippen molar-refractivity contribution < 1.29 is 13.6 Å². The van der Waals surface area contributed by atoms with Gasteiger partial charge in [-0.3, -0.25) is 9.78 Å². The summed E-state index contributed by atoms with van der Waals surface area (Å²) in [7, 11) is 0. The van der Waals surface area contributed by atoms with E-state index >= 15 is 0 Å². The van der Waals surface area contributed by atoms with Crippen LogP contribution in [0.15, 0.2) is 83.4 Å². The van der Waals surface area contributed by atoms with E-state index in [1.807, 2.05) is 41.3 Å². The summed E-state index contributed by atoms with van der Waals surface area (Å²) in [5.41, 5.74) is 1.57. The second-order valence-corrected chi connectivity index (χ2v) is 9.57. The largest absolute Gasteiger partial charge is 0.459 e. The molecule has 1 aliphatic heterocycles. The zero-order valence-electron chi connectivity index (χ0n) is 19.3. The third kappa shape index (κ3) is 5.32. The van der Waals surface area contributed by atoms with Crippen molar-refractivity contribution in [2.24, 2.45) is 0 Å². The highest BCUT2D eigenvalue weighted by Gasteiger charge is 2.41. The first kappa shape index (κ1) is 25.2. The molecule has 0 spiro atoms. The molecular weight excluding hydrogens is 534 g/mol. The van der Waals surface area contributed by atoms with Crippen LogP contribution >= 0.6 is 35.4 Å². The molecule has 6 nitrogen and oxygen atoms in total. The van der Waals surface area contributed by atoms with Crippen LogP contribution in [-0.2, 0) is 4.79 Å². The molecule has 5 rings (SSSR count). The summed E-state index contributed by atoms with van der Waals surface area (Å²) < 4.78 is 20.3. The van der Waals surface area contributed by atoms with Crippen LogP contribution < -0.4 is 10.6 Å². The number of hydrogen-bond acceptors (Lipinski definition) is 4. The van der Waals surface area contributed by atoms with Gasteiger partial charge in [-0.05, 0) is 60.7 Å². The maximum absolute atomic E-state index is 14.0. The lowest BCUT2D eigenvalue weighted by atomic mass is 10.0. The van der Waals surface area contributed by atoms with Crippen molar-refractivity contribution in [2.75, 3.05) is 11.9 Å². The van der Waals surface area contributed by atoms with Gasteiger partial charge in [0, 0.05) is 24.7 Å². The molecule has 1 fully saturated rings. The molecule has 4 aromatic rings. The minimum atomic E-state index is -0.495. The number of benzene rings is 2. The minimum Gasteiger partial charge on any atom is -0.459 e. The Bertz CT molecular complexity index is 1450. The van der Waals surface area contributed by atoms with Gasteiger partial charge in [-0.15, -0.1) is 0 Å². The molecule has 0 aliphatic carbocycles. The Morgan fingerprint density at radius 1 is 1.08 bits per heavy atom. The molecule has 1 saturated heterocycles. The van der Waals surface area contributed by atoms with Gasteiger partial charge in [0.15, 0.2) is 5.11 Å². The summed E-state index contributed by atoms with van der Waals surface area (Å²) in [6, 6.07) is 20.0. The Hall–Kier alpha value is -3.46. The third-order valence-electron chi connectivity index (χ3n) is 6.06. The van der Waals surface area contributed by atoms with Crippen LogP contribution in [0.5, 0.6) is 0 Å². The van der Waals surface area contributed by atoms with E-state index in [-0.39, 0.29) is 30.6 Å². The Balaban J connectivity index is 1.42. The average molecular weight is 555 g/mol. The summed E-state index contributed by atoms with van der Waals surface area (Å²) in [4.78, 5) is 19.0. The number of halogens is 3. The Kier molecular flexibility index (Phi) is 7.41. The number of thiocarbonyl (C=S) groups is 1. The smallest absolute Gasteiger partial charge is 0.226 e. The molecular formula is C27H21Cl2FN4O2S. The molecule has 0 saturated carbocycles. The molecule has 10 heteroatoms. The number of hydrogen-bond donors (Lipinski definition) is 2. The molecule has 37 heavy (non-hydrogen) atoms. The van der Waals surface area contributed by atoms with Crippen molar-refractivity contribution >= 4 is 52.1 Å². The van der Waals surface area contributed by atoms with Crippen molar-refractivity contribution in [1.29, 1.82) is 0 Å². The maximum Gasteiger partial charge on any atom is 0.226 e. The number of furan rings is 1. The molecule has 3 heterocycles. The van der Waals surface area contributed by atoms with Crippen LogP contribution in [0, 0.1) is 5.82 Å². The topological polar surface area (TPSA) is 70.4 Å². The highest BCUT2D eigenvalue weighted by molar-refractivity contribution is 7.80. The molecule has 2 atom stereocenters. The molecule has 2 aromatic heterocycles. The SMILES string of the molecule is O=C(CCN1C(=S)N[C@H](c2ccccn2)[C@H]1c1ccc(-c2cccc(Cl)c2Cl)o1)Nc1ccccc1F. The van der Waals surface area contributed by atoms with Crippen molar-refractivity contribution in [2.45, 2.75) is 18.5 Å². The van der Waals surface area contributed by atoms with Crippen LogP contribution in [-0.4, -0.2) is 27.4 Å². The predicted molar refractivity (Wildman–Crippen MR) is 146 cm³/mol. The molecule has 0 bridgehead atoms. The molecule has 188 valence electrons. The van der Waals surface area contributed by atoms with Crippen molar-refractivity contribution in [1.82, 2.24) is 15.2 Å². The lowest BCUT2D eigenvalue weighted by molar-refractivity contribution is -0.116. The first-order valence-electron chi connectivity index (χ1n) is 11.5. The first-order chi connectivity index (χ1) is 17.9. The second kappa shape index (κ2) is 10.9. The van der Waals surface area contributed by atoms with Gasteiger partial charge in [-0.1, -0.05) is 47.5 Å². The van der Waals surface area contributed by atoms with E-state index in [0.29, 0.717) is 32.2 Å². The van der Waals surface area contributed by atoms with Gasteiger partial charge >= 0.3 is 0 Å². The number of carbonyl (C=O) groups is 1. The Labute approximate surface area is 228 Å². The number of para-hydroxylation sites is 1. The maximum atomic E-state index is 14.0. The van der Waals surface area contributed by atoms with E-state index in [4.69, 9.17) is 39.8 Å². The molecule has 0 radical (unpaired) electrons. The summed E-state index contributed by atoms with van der Waals surface area (Å²) in [5, 5.41) is 7.21. The van der Waals surface area contributed by atoms with Crippen LogP contribution in [0.3, 0.4) is 0 Å². The number of amides is 1. The molecule has 0 unspecified atom stereocenters. The summed E-state index contributed by atoms with van der Waals surface area (Å²) in [6.07, 6.45) is 1.79. The fourth-order valence-corrected chi connectivity index (χ4v) is 5.03. The molecule has 2 aromatic carbocycles. The fourth-order valence-electron chi connectivity index (χ4n) is 4.30. The Morgan fingerprint density at radius 3 is 2.68 bits per heavy atom. The highest BCUT2D eigenvalue weighted by atomic mass is 35.5. The number of pyridine rings is 1. The zero-order valence-corrected chi connectivity index (χ0v) is 21.7. The van der Waals surface area contributed by atoms with Crippen LogP contribution in [0.1, 0.15) is 30.0 Å². The van der Waals surface area contributed by atoms with E-state index in [2.05, 4.69) is 15.6 Å². The number of anilines is 1. The van der Waals surface area contributed by atoms with Crippen LogP contribution in [0.2, 0.25) is 10.0 Å². The van der Waals surface area contributed by atoms with Gasteiger partial charge in [0.1, 0.15) is 23.4 Å². The minimum absolute atomic E-state index is 0.0787. The number of nitrogens with zero attached hydrogens (tertiary/aromatic N) is 2. The second-order valence-electron chi connectivity index (χ2n) is 8.40. The van der Waals surface area contributed by atoms with E-state index in [1.165, 1.54) is 12.1 Å². The normalized spacial score (nSPS) is 17.1. The quantitative estimate of drug-likeness (QED) is 0.245. The lowest BCUT2D eigenvalue weighted by Crippen LogP contribution is -2.32. The fraction of sp³-hybridized carbons (Fsp3) is 0.148. The molecule has 1 amide bonds. The van der Waals surface area contributed by atoms with Gasteiger partial charge in [-0.2, -0.15) is 0 Å². The highest BCUT2D eigenvalue weighted by Crippen LogP contribution is 2.42. The summed E-state index contributed by atoms with van der Waals surface area (Å²) in [6.45, 7) is 0.272. The average Bonchev–Trinajstić information content (AvgIpc) is 3.51. The van der Waals surface area contributed by atoms with Gasteiger partial charge in [-0.25, -0.2) is 4.39 Å². The number of nitrogens with one attached hydrogen (secondary N) is 2. The lowest BCUT2D eigenvalue weighted by Gasteiger charge is -2.25. The predicted octanol–water partition coefficient (Wildman–Crippen LogP) is 6.79.